The molecule has 0 aromatic heterocycles. The second-order valence-corrected chi connectivity index (χ2v) is 6.23. The third kappa shape index (κ3) is 3.97. The van der Waals surface area contributed by atoms with Crippen molar-refractivity contribution in [3.05, 3.63) is 47.0 Å². The Labute approximate surface area is 112 Å². The highest BCUT2D eigenvalue weighted by molar-refractivity contribution is 9.10. The molecule has 1 atom stereocenters. The molecule has 0 aliphatic heterocycles. The van der Waals surface area contributed by atoms with Gasteiger partial charge in [-0.3, -0.25) is 0 Å². The molecule has 0 bridgehead atoms. The zero-order valence-corrected chi connectivity index (χ0v) is 12.0. The Morgan fingerprint density at radius 2 is 2.06 bits per heavy atom. The van der Waals surface area contributed by atoms with Crippen LogP contribution >= 0.6 is 15.9 Å². The van der Waals surface area contributed by atoms with Crippen molar-refractivity contribution in [2.75, 3.05) is 6.54 Å². The smallest absolute Gasteiger partial charge is 0.0175 e. The minimum absolute atomic E-state index is 0.149. The van der Waals surface area contributed by atoms with Crippen LogP contribution in [0, 0.1) is 5.41 Å². The van der Waals surface area contributed by atoms with E-state index in [9.17, 15) is 0 Å². The van der Waals surface area contributed by atoms with Gasteiger partial charge in [0.15, 0.2) is 0 Å². The van der Waals surface area contributed by atoms with Crippen LogP contribution in [0.4, 0.5) is 0 Å². The van der Waals surface area contributed by atoms with Crippen LogP contribution in [0.25, 0.3) is 0 Å². The zero-order chi connectivity index (χ0) is 12.3. The molecule has 0 spiro atoms. The van der Waals surface area contributed by atoms with Crippen LogP contribution in [0.15, 0.2) is 41.4 Å². The third-order valence-corrected chi connectivity index (χ3v) is 3.91. The third-order valence-electron chi connectivity index (χ3n) is 3.39. The van der Waals surface area contributed by atoms with Crippen molar-refractivity contribution in [3.8, 4) is 0 Å². The van der Waals surface area contributed by atoms with Crippen molar-refractivity contribution in [3.63, 3.8) is 0 Å². The van der Waals surface area contributed by atoms with E-state index in [0.717, 1.165) is 23.5 Å². The van der Waals surface area contributed by atoms with Crippen molar-refractivity contribution in [2.24, 2.45) is 5.41 Å². The van der Waals surface area contributed by atoms with Gasteiger partial charge in [-0.15, -0.1) is 6.58 Å². The lowest BCUT2D eigenvalue weighted by Crippen LogP contribution is -2.33. The lowest BCUT2D eigenvalue weighted by Gasteiger charge is -2.26. The second-order valence-electron chi connectivity index (χ2n) is 5.32. The van der Waals surface area contributed by atoms with Gasteiger partial charge in [-0.05, 0) is 37.0 Å². The first-order valence-electron chi connectivity index (χ1n) is 6.23. The first kappa shape index (κ1) is 12.8. The van der Waals surface area contributed by atoms with E-state index in [0.29, 0.717) is 0 Å². The zero-order valence-electron chi connectivity index (χ0n) is 10.4. The van der Waals surface area contributed by atoms with Gasteiger partial charge in [-0.25, -0.2) is 0 Å². The maximum absolute atomic E-state index is 4.00. The molecular formula is C15H20BrN. The van der Waals surface area contributed by atoms with Gasteiger partial charge in [0.05, 0.1) is 0 Å². The van der Waals surface area contributed by atoms with Crippen molar-refractivity contribution in [1.29, 1.82) is 0 Å². The summed E-state index contributed by atoms with van der Waals surface area (Å²) in [5, 5.41) is 3.60. The van der Waals surface area contributed by atoms with Gasteiger partial charge in [0.25, 0.3) is 0 Å². The summed E-state index contributed by atoms with van der Waals surface area (Å²) in [5.41, 5.74) is 1.52. The highest BCUT2D eigenvalue weighted by atomic mass is 79.9. The molecule has 2 heteroatoms. The molecule has 1 aliphatic carbocycles. The Hall–Kier alpha value is -0.600. The summed E-state index contributed by atoms with van der Waals surface area (Å²) in [6, 6.07) is 9.34. The fraction of sp³-hybridized carbons (Fsp3) is 0.467. The van der Waals surface area contributed by atoms with Crippen molar-refractivity contribution >= 4 is 15.9 Å². The van der Waals surface area contributed by atoms with Crippen LogP contribution < -0.4 is 5.32 Å². The minimum atomic E-state index is 0.149. The van der Waals surface area contributed by atoms with E-state index >= 15 is 0 Å². The molecule has 92 valence electrons. The minimum Gasteiger partial charge on any atom is -0.313 e. The first-order valence-corrected chi connectivity index (χ1v) is 7.02. The van der Waals surface area contributed by atoms with E-state index < -0.39 is 0 Å². The van der Waals surface area contributed by atoms with Crippen molar-refractivity contribution in [2.45, 2.75) is 32.2 Å². The van der Waals surface area contributed by atoms with Crippen LogP contribution in [0.1, 0.15) is 25.3 Å². The number of hydrogen-bond acceptors (Lipinski definition) is 1. The summed E-state index contributed by atoms with van der Waals surface area (Å²) in [4.78, 5) is 0. The molecule has 1 fully saturated rings. The summed E-state index contributed by atoms with van der Waals surface area (Å²) < 4.78 is 1.14. The maximum Gasteiger partial charge on any atom is 0.0175 e. The topological polar surface area (TPSA) is 12.0 Å². The molecule has 1 aromatic rings. The molecule has 0 radical (unpaired) electrons. The highest BCUT2D eigenvalue weighted by Gasteiger charge is 2.26. The Balaban J connectivity index is 1.96. The Morgan fingerprint density at radius 1 is 1.41 bits per heavy atom. The van der Waals surface area contributed by atoms with Gasteiger partial charge in [0, 0.05) is 22.5 Å². The summed E-state index contributed by atoms with van der Waals surface area (Å²) >= 11 is 3.47. The predicted molar refractivity (Wildman–Crippen MR) is 77.2 cm³/mol. The first-order chi connectivity index (χ1) is 8.11. The normalized spacial score (nSPS) is 18.7. The fourth-order valence-corrected chi connectivity index (χ4v) is 2.20. The van der Waals surface area contributed by atoms with Crippen LogP contribution in [0.3, 0.4) is 0 Å². The van der Waals surface area contributed by atoms with Gasteiger partial charge < -0.3 is 5.32 Å². The summed E-state index contributed by atoms with van der Waals surface area (Å²) in [7, 11) is 0. The molecule has 1 aliphatic rings. The van der Waals surface area contributed by atoms with E-state index in [1.165, 1.54) is 18.4 Å². The summed E-state index contributed by atoms with van der Waals surface area (Å²) in [6.07, 6.45) is 5.81. The van der Waals surface area contributed by atoms with Gasteiger partial charge in [-0.1, -0.05) is 41.1 Å². The molecule has 1 N–H and O–H groups in total. The monoisotopic (exact) mass is 293 g/mol. The molecule has 1 saturated carbocycles. The average molecular weight is 294 g/mol. The number of nitrogens with one attached hydrogen (secondary N) is 1. The summed E-state index contributed by atoms with van der Waals surface area (Å²) in [6.45, 7) is 7.30. The van der Waals surface area contributed by atoms with Crippen LogP contribution in [-0.4, -0.2) is 12.6 Å². The van der Waals surface area contributed by atoms with E-state index in [4.69, 9.17) is 0 Å². The highest BCUT2D eigenvalue weighted by Crippen LogP contribution is 2.26. The average Bonchev–Trinajstić information content (AvgIpc) is 3.14. The van der Waals surface area contributed by atoms with Crippen LogP contribution in [0.5, 0.6) is 0 Å². The number of hydrogen-bond donors (Lipinski definition) is 1. The van der Waals surface area contributed by atoms with Crippen LogP contribution in [0.2, 0.25) is 0 Å². The molecule has 17 heavy (non-hydrogen) atoms. The van der Waals surface area contributed by atoms with E-state index in [2.05, 4.69) is 65.1 Å². The molecule has 0 amide bonds. The SMILES string of the molecule is C=CC(C)(CNC1CC1)Cc1ccc(Br)cc1. The molecule has 2 rings (SSSR count). The van der Waals surface area contributed by atoms with E-state index in [-0.39, 0.29) is 5.41 Å². The quantitative estimate of drug-likeness (QED) is 0.784. The lowest BCUT2D eigenvalue weighted by molar-refractivity contribution is 0.389. The Bertz CT molecular complexity index is 380. The second kappa shape index (κ2) is 5.36. The number of rotatable bonds is 6. The maximum atomic E-state index is 4.00. The Kier molecular flexibility index (Phi) is 4.05. The number of halogens is 1. The van der Waals surface area contributed by atoms with Crippen molar-refractivity contribution < 1.29 is 0 Å². The molecule has 1 aromatic carbocycles. The lowest BCUT2D eigenvalue weighted by atomic mass is 9.83. The number of benzene rings is 1. The van der Waals surface area contributed by atoms with Gasteiger partial charge in [-0.2, -0.15) is 0 Å². The van der Waals surface area contributed by atoms with Crippen molar-refractivity contribution in [1.82, 2.24) is 5.32 Å². The standard InChI is InChI=1S/C15H20BrN/c1-3-15(2,11-17-14-8-9-14)10-12-4-6-13(16)7-5-12/h3-7,14,17H,1,8-11H2,2H3. The molecular weight excluding hydrogens is 274 g/mol. The predicted octanol–water partition coefficient (Wildman–Crippen LogP) is 3.94. The van der Waals surface area contributed by atoms with Gasteiger partial charge in [0.1, 0.15) is 0 Å². The molecule has 0 heterocycles. The van der Waals surface area contributed by atoms with Crippen LogP contribution in [-0.2, 0) is 6.42 Å². The molecule has 0 saturated heterocycles. The fourth-order valence-electron chi connectivity index (χ4n) is 1.94. The van der Waals surface area contributed by atoms with E-state index in [1.54, 1.807) is 0 Å². The Morgan fingerprint density at radius 3 is 2.59 bits per heavy atom. The van der Waals surface area contributed by atoms with Gasteiger partial charge >= 0.3 is 0 Å². The van der Waals surface area contributed by atoms with Gasteiger partial charge in [0.2, 0.25) is 0 Å². The largest absolute Gasteiger partial charge is 0.313 e. The molecule has 1 unspecified atom stereocenters. The summed E-state index contributed by atoms with van der Waals surface area (Å²) in [5.74, 6) is 0. The van der Waals surface area contributed by atoms with E-state index in [1.807, 2.05) is 0 Å². The molecule has 1 nitrogen and oxygen atoms in total.